The maximum atomic E-state index is 11.3. The largest absolute Gasteiger partial charge is 0.456 e. The fourth-order valence-electron chi connectivity index (χ4n) is 2.01. The molecule has 0 unspecified atom stereocenters. The molecule has 0 bridgehead atoms. The molecule has 7 heteroatoms. The zero-order valence-electron chi connectivity index (χ0n) is 14.5. The first-order valence-corrected chi connectivity index (χ1v) is 8.55. The molecule has 0 heterocycles. The van der Waals surface area contributed by atoms with E-state index in [2.05, 4.69) is 5.32 Å². The Hall–Kier alpha value is -1.98. The quantitative estimate of drug-likeness (QED) is 0.454. The second kappa shape index (κ2) is 7.50. The summed E-state index contributed by atoms with van der Waals surface area (Å²) in [6.45, 7) is 8.08. The number of hydrogen-bond donors (Lipinski definition) is 1. The van der Waals surface area contributed by atoms with E-state index < -0.39 is 4.92 Å². The number of nitrogens with zero attached hydrogens (tertiary/aromatic N) is 1. The van der Waals surface area contributed by atoms with Crippen molar-refractivity contribution in [1.29, 1.82) is 0 Å². The summed E-state index contributed by atoms with van der Waals surface area (Å²) >= 11 is 12.0. The minimum atomic E-state index is -0.419. The maximum Gasteiger partial charge on any atom is 0.292 e. The highest BCUT2D eigenvalue weighted by molar-refractivity contribution is 6.35. The van der Waals surface area contributed by atoms with Crippen LogP contribution in [0.15, 0.2) is 36.4 Å². The van der Waals surface area contributed by atoms with E-state index in [4.69, 9.17) is 27.9 Å². The maximum absolute atomic E-state index is 11.3. The molecule has 25 heavy (non-hydrogen) atoms. The van der Waals surface area contributed by atoms with E-state index in [0.29, 0.717) is 27.2 Å². The average molecular weight is 383 g/mol. The van der Waals surface area contributed by atoms with Crippen LogP contribution in [0, 0.1) is 16.0 Å². The highest BCUT2D eigenvalue weighted by atomic mass is 35.5. The van der Waals surface area contributed by atoms with E-state index >= 15 is 0 Å². The SMILES string of the molecule is CC(C)C(C)(C)Nc1cc(Oc2ccc(Cl)cc2Cl)ccc1[N+](=O)[O-]. The molecule has 0 spiro atoms. The molecular weight excluding hydrogens is 363 g/mol. The summed E-state index contributed by atoms with van der Waals surface area (Å²) in [6, 6.07) is 9.44. The van der Waals surface area contributed by atoms with Gasteiger partial charge in [-0.3, -0.25) is 10.1 Å². The molecule has 0 aliphatic heterocycles. The normalized spacial score (nSPS) is 11.5. The standard InChI is InChI=1S/C18H20Cl2N2O3/c1-11(2)18(3,4)21-15-10-13(6-7-16(15)22(23)24)25-17-8-5-12(19)9-14(17)20/h5-11,21H,1-4H3. The monoisotopic (exact) mass is 382 g/mol. The first-order chi connectivity index (χ1) is 11.6. The predicted octanol–water partition coefficient (Wildman–Crippen LogP) is 6.54. The molecule has 0 aromatic heterocycles. The second-order valence-corrected chi connectivity index (χ2v) is 7.46. The van der Waals surface area contributed by atoms with Gasteiger partial charge in [0.25, 0.3) is 5.69 Å². The molecular formula is C18H20Cl2N2O3. The van der Waals surface area contributed by atoms with Crippen molar-refractivity contribution in [3.63, 3.8) is 0 Å². The molecule has 2 aromatic carbocycles. The Kier molecular flexibility index (Phi) is 5.80. The second-order valence-electron chi connectivity index (χ2n) is 6.61. The van der Waals surface area contributed by atoms with Crippen molar-refractivity contribution in [1.82, 2.24) is 0 Å². The van der Waals surface area contributed by atoms with E-state index in [-0.39, 0.29) is 17.1 Å². The van der Waals surface area contributed by atoms with Gasteiger partial charge in [-0.15, -0.1) is 0 Å². The number of benzene rings is 2. The molecule has 0 saturated heterocycles. The molecule has 0 amide bonds. The number of nitro groups is 1. The lowest BCUT2D eigenvalue weighted by Crippen LogP contribution is -2.36. The number of ether oxygens (including phenoxy) is 1. The fourth-order valence-corrected chi connectivity index (χ4v) is 2.46. The van der Waals surface area contributed by atoms with Gasteiger partial charge in [0.2, 0.25) is 0 Å². The van der Waals surface area contributed by atoms with Crippen molar-refractivity contribution < 1.29 is 9.66 Å². The molecule has 2 aromatic rings. The third-order valence-corrected chi connectivity index (χ3v) is 4.72. The summed E-state index contributed by atoms with van der Waals surface area (Å²) in [5.74, 6) is 1.13. The first kappa shape index (κ1) is 19.3. The molecule has 2 rings (SSSR count). The lowest BCUT2D eigenvalue weighted by Gasteiger charge is -2.31. The van der Waals surface area contributed by atoms with Gasteiger partial charge in [0.15, 0.2) is 0 Å². The van der Waals surface area contributed by atoms with Gasteiger partial charge in [0, 0.05) is 22.7 Å². The van der Waals surface area contributed by atoms with Crippen LogP contribution in [0.1, 0.15) is 27.7 Å². The predicted molar refractivity (Wildman–Crippen MR) is 102 cm³/mol. The zero-order valence-corrected chi connectivity index (χ0v) is 16.0. The number of nitrogens with one attached hydrogen (secondary N) is 1. The Bertz CT molecular complexity index is 792. The van der Waals surface area contributed by atoms with Crippen molar-refractivity contribution in [3.05, 3.63) is 56.6 Å². The van der Waals surface area contributed by atoms with Crippen LogP contribution < -0.4 is 10.1 Å². The van der Waals surface area contributed by atoms with Crippen LogP contribution in [-0.2, 0) is 0 Å². The highest BCUT2D eigenvalue weighted by Crippen LogP contribution is 2.36. The van der Waals surface area contributed by atoms with Gasteiger partial charge in [0.05, 0.1) is 9.95 Å². The average Bonchev–Trinajstić information content (AvgIpc) is 2.49. The lowest BCUT2D eigenvalue weighted by atomic mass is 9.90. The number of hydrogen-bond acceptors (Lipinski definition) is 4. The molecule has 5 nitrogen and oxygen atoms in total. The smallest absolute Gasteiger partial charge is 0.292 e. The molecule has 0 radical (unpaired) electrons. The Morgan fingerprint density at radius 1 is 1.16 bits per heavy atom. The van der Waals surface area contributed by atoms with Crippen LogP contribution in [0.25, 0.3) is 0 Å². The minimum Gasteiger partial charge on any atom is -0.456 e. The molecule has 1 N–H and O–H groups in total. The van der Waals surface area contributed by atoms with Crippen molar-refractivity contribution in [3.8, 4) is 11.5 Å². The van der Waals surface area contributed by atoms with Crippen LogP contribution in [0.4, 0.5) is 11.4 Å². The van der Waals surface area contributed by atoms with Crippen LogP contribution >= 0.6 is 23.2 Å². The Balaban J connectivity index is 2.38. The van der Waals surface area contributed by atoms with Crippen molar-refractivity contribution in [2.75, 3.05) is 5.32 Å². The van der Waals surface area contributed by atoms with Gasteiger partial charge in [-0.2, -0.15) is 0 Å². The van der Waals surface area contributed by atoms with Crippen LogP contribution in [0.2, 0.25) is 10.0 Å². The van der Waals surface area contributed by atoms with Gasteiger partial charge in [-0.1, -0.05) is 37.0 Å². The molecule has 0 aliphatic carbocycles. The van der Waals surface area contributed by atoms with E-state index in [1.807, 2.05) is 27.7 Å². The molecule has 0 atom stereocenters. The van der Waals surface area contributed by atoms with Crippen molar-refractivity contribution in [2.45, 2.75) is 33.2 Å². The van der Waals surface area contributed by atoms with Crippen LogP contribution in [0.3, 0.4) is 0 Å². The van der Waals surface area contributed by atoms with Gasteiger partial charge in [-0.25, -0.2) is 0 Å². The highest BCUT2D eigenvalue weighted by Gasteiger charge is 2.26. The first-order valence-electron chi connectivity index (χ1n) is 7.79. The van der Waals surface area contributed by atoms with Crippen molar-refractivity contribution >= 4 is 34.6 Å². The number of rotatable bonds is 6. The van der Waals surface area contributed by atoms with Crippen LogP contribution in [0.5, 0.6) is 11.5 Å². The third kappa shape index (κ3) is 4.77. The number of nitro benzene ring substituents is 1. The Morgan fingerprint density at radius 2 is 1.84 bits per heavy atom. The van der Waals surface area contributed by atoms with Gasteiger partial charge >= 0.3 is 0 Å². The van der Waals surface area contributed by atoms with Gasteiger partial charge < -0.3 is 10.1 Å². The van der Waals surface area contributed by atoms with E-state index in [1.165, 1.54) is 12.1 Å². The van der Waals surface area contributed by atoms with Crippen molar-refractivity contribution in [2.24, 2.45) is 5.92 Å². The zero-order chi connectivity index (χ0) is 18.8. The summed E-state index contributed by atoms with van der Waals surface area (Å²) < 4.78 is 5.76. The summed E-state index contributed by atoms with van der Waals surface area (Å²) in [6.07, 6.45) is 0. The summed E-state index contributed by atoms with van der Waals surface area (Å²) in [5.41, 5.74) is 0.0518. The van der Waals surface area contributed by atoms with Gasteiger partial charge in [-0.05, 0) is 44.0 Å². The molecule has 0 aliphatic rings. The topological polar surface area (TPSA) is 64.4 Å². The van der Waals surface area contributed by atoms with E-state index in [9.17, 15) is 10.1 Å². The summed E-state index contributed by atoms with van der Waals surface area (Å²) in [4.78, 5) is 10.9. The van der Waals surface area contributed by atoms with Gasteiger partial charge in [0.1, 0.15) is 17.2 Å². The molecule has 0 fully saturated rings. The summed E-state index contributed by atoms with van der Waals surface area (Å²) in [7, 11) is 0. The number of anilines is 1. The lowest BCUT2D eigenvalue weighted by molar-refractivity contribution is -0.384. The number of halogens is 2. The molecule has 134 valence electrons. The fraction of sp³-hybridized carbons (Fsp3) is 0.333. The Labute approximate surface area is 157 Å². The third-order valence-electron chi connectivity index (χ3n) is 4.19. The summed E-state index contributed by atoms with van der Waals surface area (Å²) in [5, 5.41) is 15.4. The van der Waals surface area contributed by atoms with E-state index in [1.54, 1.807) is 24.3 Å². The van der Waals surface area contributed by atoms with Crippen LogP contribution in [-0.4, -0.2) is 10.5 Å². The Morgan fingerprint density at radius 3 is 2.40 bits per heavy atom. The molecule has 0 saturated carbocycles. The van der Waals surface area contributed by atoms with E-state index in [0.717, 1.165) is 0 Å². The minimum absolute atomic E-state index is 0.0109.